The lowest BCUT2D eigenvalue weighted by atomic mass is 10.3. The zero-order valence-corrected chi connectivity index (χ0v) is 10.4. The fraction of sp³-hybridized carbons (Fsp3) is 0.750. The van der Waals surface area contributed by atoms with Crippen LogP contribution in [-0.4, -0.2) is 29.3 Å². The van der Waals surface area contributed by atoms with Crippen LogP contribution >= 0.6 is 0 Å². The molecule has 0 fully saturated rings. The molecule has 4 nitrogen and oxygen atoms in total. The van der Waals surface area contributed by atoms with Crippen LogP contribution in [0.5, 0.6) is 0 Å². The number of nitrogens with one attached hydrogen (secondary N) is 1. The second-order valence-electron chi connectivity index (χ2n) is 3.78. The predicted octanol–water partition coefficient (Wildman–Crippen LogP) is 2.52. The van der Waals surface area contributed by atoms with Gasteiger partial charge >= 0.3 is 0 Å². The summed E-state index contributed by atoms with van der Waals surface area (Å²) >= 11 is 0. The van der Waals surface area contributed by atoms with E-state index < -0.39 is 0 Å². The second kappa shape index (κ2) is 8.16. The topological polar surface area (TPSA) is 39.1 Å². The van der Waals surface area contributed by atoms with Crippen LogP contribution in [-0.2, 0) is 11.3 Å². The summed E-state index contributed by atoms with van der Waals surface area (Å²) in [6, 6.07) is 0. The molecular weight excluding hydrogens is 202 g/mol. The molecule has 1 rings (SSSR count). The average molecular weight is 225 g/mol. The van der Waals surface area contributed by atoms with E-state index in [4.69, 9.17) is 4.74 Å². The molecule has 16 heavy (non-hydrogen) atoms. The van der Waals surface area contributed by atoms with Gasteiger partial charge in [-0.1, -0.05) is 13.3 Å². The number of aryl methyl sites for hydroxylation is 1. The van der Waals surface area contributed by atoms with Crippen molar-refractivity contribution in [2.75, 3.05) is 25.1 Å². The molecule has 0 aliphatic carbocycles. The van der Waals surface area contributed by atoms with Crippen LogP contribution < -0.4 is 5.32 Å². The SMILES string of the molecule is CCCCNc1nccn1CCCOCC. The van der Waals surface area contributed by atoms with Gasteiger partial charge in [0.15, 0.2) is 0 Å². The maximum absolute atomic E-state index is 5.32. The van der Waals surface area contributed by atoms with Crippen LogP contribution in [0.15, 0.2) is 12.4 Å². The maximum atomic E-state index is 5.32. The largest absolute Gasteiger partial charge is 0.382 e. The third kappa shape index (κ3) is 4.66. The Morgan fingerprint density at radius 2 is 2.25 bits per heavy atom. The minimum Gasteiger partial charge on any atom is -0.382 e. The van der Waals surface area contributed by atoms with Crippen molar-refractivity contribution in [2.45, 2.75) is 39.7 Å². The summed E-state index contributed by atoms with van der Waals surface area (Å²) in [7, 11) is 0. The number of imidazole rings is 1. The highest BCUT2D eigenvalue weighted by Crippen LogP contribution is 2.05. The Kier molecular flexibility index (Phi) is 6.65. The molecule has 92 valence electrons. The normalized spacial score (nSPS) is 10.6. The summed E-state index contributed by atoms with van der Waals surface area (Å²) in [6.45, 7) is 7.80. The maximum Gasteiger partial charge on any atom is 0.202 e. The summed E-state index contributed by atoms with van der Waals surface area (Å²) in [5.74, 6) is 0.977. The Labute approximate surface area is 98.0 Å². The fourth-order valence-electron chi connectivity index (χ4n) is 1.52. The van der Waals surface area contributed by atoms with Gasteiger partial charge in [-0.2, -0.15) is 0 Å². The van der Waals surface area contributed by atoms with Crippen molar-refractivity contribution in [1.82, 2.24) is 9.55 Å². The van der Waals surface area contributed by atoms with Gasteiger partial charge in [-0.25, -0.2) is 4.98 Å². The molecule has 0 atom stereocenters. The van der Waals surface area contributed by atoms with E-state index in [9.17, 15) is 0 Å². The van der Waals surface area contributed by atoms with Crippen LogP contribution in [0, 0.1) is 0 Å². The molecule has 1 heterocycles. The van der Waals surface area contributed by atoms with Gasteiger partial charge in [0.2, 0.25) is 5.95 Å². The summed E-state index contributed by atoms with van der Waals surface area (Å²) in [6.07, 6.45) is 7.28. The van der Waals surface area contributed by atoms with Crippen LogP contribution in [0.1, 0.15) is 33.1 Å². The minimum absolute atomic E-state index is 0.797. The van der Waals surface area contributed by atoms with Gasteiger partial charge in [0.05, 0.1) is 0 Å². The number of hydrogen-bond acceptors (Lipinski definition) is 3. The zero-order valence-electron chi connectivity index (χ0n) is 10.4. The summed E-state index contributed by atoms with van der Waals surface area (Å²) in [5, 5.41) is 3.35. The van der Waals surface area contributed by atoms with E-state index in [0.717, 1.165) is 38.7 Å². The van der Waals surface area contributed by atoms with Gasteiger partial charge in [-0.3, -0.25) is 0 Å². The van der Waals surface area contributed by atoms with Gasteiger partial charge in [0.1, 0.15) is 0 Å². The van der Waals surface area contributed by atoms with Gasteiger partial charge in [-0.05, 0) is 19.8 Å². The second-order valence-corrected chi connectivity index (χ2v) is 3.78. The summed E-state index contributed by atoms with van der Waals surface area (Å²) in [4.78, 5) is 4.30. The monoisotopic (exact) mass is 225 g/mol. The molecule has 0 aromatic carbocycles. The standard InChI is InChI=1S/C12H23N3O/c1-3-5-7-13-12-14-8-10-15(12)9-6-11-16-4-2/h8,10H,3-7,9,11H2,1-2H3,(H,13,14). The first kappa shape index (κ1) is 13.0. The highest BCUT2D eigenvalue weighted by molar-refractivity contribution is 5.25. The third-order valence-corrected chi connectivity index (χ3v) is 2.42. The quantitative estimate of drug-likeness (QED) is 0.656. The molecule has 0 unspecified atom stereocenters. The number of unbranched alkanes of at least 4 members (excludes halogenated alkanes) is 1. The number of rotatable bonds is 9. The van der Waals surface area contributed by atoms with Gasteiger partial charge in [0, 0.05) is 38.7 Å². The third-order valence-electron chi connectivity index (χ3n) is 2.42. The highest BCUT2D eigenvalue weighted by Gasteiger charge is 2.00. The van der Waals surface area contributed by atoms with E-state index in [2.05, 4.69) is 21.8 Å². The van der Waals surface area contributed by atoms with Gasteiger partial charge < -0.3 is 14.6 Å². The molecule has 0 aliphatic rings. The lowest BCUT2D eigenvalue weighted by Gasteiger charge is -2.09. The molecule has 0 saturated heterocycles. The number of anilines is 1. The number of ether oxygens (including phenoxy) is 1. The van der Waals surface area contributed by atoms with Crippen LogP contribution in [0.2, 0.25) is 0 Å². The zero-order chi connectivity index (χ0) is 11.6. The molecule has 1 N–H and O–H groups in total. The Morgan fingerprint density at radius 1 is 1.38 bits per heavy atom. The van der Waals surface area contributed by atoms with Crippen molar-refractivity contribution in [3.8, 4) is 0 Å². The smallest absolute Gasteiger partial charge is 0.202 e. The predicted molar refractivity (Wildman–Crippen MR) is 66.7 cm³/mol. The van der Waals surface area contributed by atoms with E-state index in [1.807, 2.05) is 19.3 Å². The Morgan fingerprint density at radius 3 is 3.00 bits per heavy atom. The molecule has 0 radical (unpaired) electrons. The molecule has 1 aromatic heterocycles. The van der Waals surface area contributed by atoms with Crippen molar-refractivity contribution in [3.63, 3.8) is 0 Å². The summed E-state index contributed by atoms with van der Waals surface area (Å²) < 4.78 is 7.46. The Bertz CT molecular complexity index is 273. The van der Waals surface area contributed by atoms with Crippen LogP contribution in [0.4, 0.5) is 5.95 Å². The van der Waals surface area contributed by atoms with Crippen LogP contribution in [0.25, 0.3) is 0 Å². The molecule has 0 saturated carbocycles. The first-order valence-electron chi connectivity index (χ1n) is 6.21. The molecule has 4 heteroatoms. The van der Waals surface area contributed by atoms with E-state index in [-0.39, 0.29) is 0 Å². The highest BCUT2D eigenvalue weighted by atomic mass is 16.5. The van der Waals surface area contributed by atoms with E-state index in [1.54, 1.807) is 0 Å². The minimum atomic E-state index is 0.797. The lowest BCUT2D eigenvalue weighted by molar-refractivity contribution is 0.142. The number of aromatic nitrogens is 2. The van der Waals surface area contributed by atoms with Gasteiger partial charge in [0.25, 0.3) is 0 Å². The Balaban J connectivity index is 2.26. The molecule has 0 aliphatic heterocycles. The Hall–Kier alpha value is -1.03. The van der Waals surface area contributed by atoms with Crippen molar-refractivity contribution in [2.24, 2.45) is 0 Å². The van der Waals surface area contributed by atoms with Crippen molar-refractivity contribution >= 4 is 5.95 Å². The average Bonchev–Trinajstić information content (AvgIpc) is 2.73. The molecule has 1 aromatic rings. The van der Waals surface area contributed by atoms with Crippen molar-refractivity contribution in [1.29, 1.82) is 0 Å². The van der Waals surface area contributed by atoms with Crippen molar-refractivity contribution in [3.05, 3.63) is 12.4 Å². The van der Waals surface area contributed by atoms with E-state index in [0.29, 0.717) is 0 Å². The van der Waals surface area contributed by atoms with Crippen LogP contribution in [0.3, 0.4) is 0 Å². The van der Waals surface area contributed by atoms with E-state index in [1.165, 1.54) is 12.8 Å². The fourth-order valence-corrected chi connectivity index (χ4v) is 1.52. The number of nitrogens with zero attached hydrogens (tertiary/aromatic N) is 2. The molecule has 0 spiro atoms. The van der Waals surface area contributed by atoms with Crippen molar-refractivity contribution < 1.29 is 4.74 Å². The molecule has 0 bridgehead atoms. The van der Waals surface area contributed by atoms with Gasteiger partial charge in [-0.15, -0.1) is 0 Å². The molecule has 0 amide bonds. The molecular formula is C12H23N3O. The lowest BCUT2D eigenvalue weighted by Crippen LogP contribution is -2.09. The summed E-state index contributed by atoms with van der Waals surface area (Å²) in [5.41, 5.74) is 0. The first-order chi connectivity index (χ1) is 7.88. The first-order valence-corrected chi connectivity index (χ1v) is 6.21. The van der Waals surface area contributed by atoms with E-state index >= 15 is 0 Å². The number of hydrogen-bond donors (Lipinski definition) is 1.